The van der Waals surface area contributed by atoms with E-state index in [9.17, 15) is 9.50 Å². The van der Waals surface area contributed by atoms with Gasteiger partial charge in [0.05, 0.1) is 23.2 Å². The molecule has 1 N–H and O–H groups in total. The Labute approximate surface area is 156 Å². The van der Waals surface area contributed by atoms with Gasteiger partial charge in [-0.3, -0.25) is 4.90 Å². The summed E-state index contributed by atoms with van der Waals surface area (Å²) in [5.74, 6) is -0.168. The fourth-order valence-corrected chi connectivity index (χ4v) is 3.81. The van der Waals surface area contributed by atoms with Gasteiger partial charge in [-0.15, -0.1) is 0 Å². The second kappa shape index (κ2) is 6.99. The maximum absolute atomic E-state index is 13.8. The van der Waals surface area contributed by atoms with Crippen LogP contribution < -0.4 is 0 Å². The van der Waals surface area contributed by atoms with Gasteiger partial charge in [0.25, 0.3) is 0 Å². The summed E-state index contributed by atoms with van der Waals surface area (Å²) >= 11 is 5.94. The summed E-state index contributed by atoms with van der Waals surface area (Å²) in [5.41, 5.74) is 1.74. The number of hydrogen-bond donors (Lipinski definition) is 1. The predicted molar refractivity (Wildman–Crippen MR) is 101 cm³/mol. The van der Waals surface area contributed by atoms with Gasteiger partial charge in [-0.2, -0.15) is 0 Å². The van der Waals surface area contributed by atoms with Crippen LogP contribution in [0.4, 0.5) is 4.39 Å². The van der Waals surface area contributed by atoms with Crippen LogP contribution in [0, 0.1) is 5.82 Å². The molecule has 4 nitrogen and oxygen atoms in total. The molecule has 1 aromatic carbocycles. The number of aliphatic hydroxyl groups is 1. The summed E-state index contributed by atoms with van der Waals surface area (Å²) in [7, 11) is 0. The topological polar surface area (TPSA) is 41.3 Å². The largest absolute Gasteiger partial charge is 0.388 e. The molecule has 4 rings (SSSR count). The lowest BCUT2D eigenvalue weighted by molar-refractivity contribution is -0.0350. The quantitative estimate of drug-likeness (QED) is 0.706. The van der Waals surface area contributed by atoms with Crippen LogP contribution in [0.3, 0.4) is 0 Å². The minimum absolute atomic E-state index is 0.168. The first-order valence-corrected chi connectivity index (χ1v) is 9.20. The van der Waals surface area contributed by atoms with Crippen molar-refractivity contribution in [2.75, 3.05) is 13.1 Å². The fourth-order valence-electron chi connectivity index (χ4n) is 3.66. The van der Waals surface area contributed by atoms with E-state index in [0.717, 1.165) is 24.1 Å². The molecule has 1 fully saturated rings. The molecular weight excluding hydrogens is 353 g/mol. The fraction of sp³-hybridized carbons (Fsp3) is 0.350. The minimum atomic E-state index is -0.767. The smallest absolute Gasteiger partial charge is 0.129 e. The Morgan fingerprint density at radius 2 is 1.88 bits per heavy atom. The average Bonchev–Trinajstić information content (AvgIpc) is 3.00. The van der Waals surface area contributed by atoms with Crippen LogP contribution >= 0.6 is 11.6 Å². The van der Waals surface area contributed by atoms with Gasteiger partial charge in [0.1, 0.15) is 11.0 Å². The van der Waals surface area contributed by atoms with Crippen LogP contribution in [-0.2, 0) is 13.1 Å². The molecule has 0 spiro atoms. The number of rotatable bonds is 4. The van der Waals surface area contributed by atoms with Gasteiger partial charge in [-0.25, -0.2) is 9.37 Å². The number of nitrogens with zero attached hydrogens (tertiary/aromatic N) is 3. The highest BCUT2D eigenvalue weighted by Gasteiger charge is 2.33. The first-order chi connectivity index (χ1) is 12.5. The number of benzene rings is 1. The van der Waals surface area contributed by atoms with Gasteiger partial charge in [-0.05, 0) is 37.1 Å². The molecule has 0 saturated carbocycles. The van der Waals surface area contributed by atoms with E-state index in [2.05, 4.69) is 9.88 Å². The summed E-state index contributed by atoms with van der Waals surface area (Å²) in [4.78, 5) is 6.49. The molecule has 2 aromatic heterocycles. The Morgan fingerprint density at radius 3 is 2.65 bits per heavy atom. The van der Waals surface area contributed by atoms with Gasteiger partial charge in [0.2, 0.25) is 0 Å². The molecule has 0 radical (unpaired) electrons. The van der Waals surface area contributed by atoms with Crippen LogP contribution in [0.1, 0.15) is 18.4 Å². The van der Waals surface area contributed by atoms with Crippen molar-refractivity contribution < 1.29 is 9.50 Å². The molecule has 26 heavy (non-hydrogen) atoms. The van der Waals surface area contributed by atoms with Crippen molar-refractivity contribution in [3.8, 4) is 0 Å². The molecule has 1 aliphatic heterocycles. The SMILES string of the molecule is OC1(Cn2ccc3nc(Cl)ccc32)CCN(Cc2ccccc2F)CC1. The van der Waals surface area contributed by atoms with Crippen LogP contribution in [0.15, 0.2) is 48.7 Å². The Hall–Kier alpha value is -1.95. The molecule has 136 valence electrons. The second-order valence-electron chi connectivity index (χ2n) is 7.07. The second-order valence-corrected chi connectivity index (χ2v) is 7.46. The third kappa shape index (κ3) is 3.61. The average molecular weight is 374 g/mol. The molecule has 1 saturated heterocycles. The monoisotopic (exact) mass is 373 g/mol. The molecule has 0 aliphatic carbocycles. The minimum Gasteiger partial charge on any atom is -0.388 e. The number of fused-ring (bicyclic) bond motifs is 1. The molecular formula is C20H21ClFN3O. The van der Waals surface area contributed by atoms with Crippen LogP contribution in [0.5, 0.6) is 0 Å². The van der Waals surface area contributed by atoms with Crippen molar-refractivity contribution in [3.05, 3.63) is 65.2 Å². The Morgan fingerprint density at radius 1 is 1.12 bits per heavy atom. The molecule has 0 atom stereocenters. The molecule has 1 aliphatic rings. The van der Waals surface area contributed by atoms with Gasteiger partial charge in [0.15, 0.2) is 0 Å². The third-order valence-electron chi connectivity index (χ3n) is 5.19. The molecule has 0 bridgehead atoms. The lowest BCUT2D eigenvalue weighted by Gasteiger charge is -2.38. The van der Waals surface area contributed by atoms with E-state index in [0.29, 0.717) is 36.6 Å². The van der Waals surface area contributed by atoms with Crippen LogP contribution in [-0.4, -0.2) is 38.2 Å². The Bertz CT molecular complexity index is 918. The molecule has 0 unspecified atom stereocenters. The van der Waals surface area contributed by atoms with Crippen molar-refractivity contribution in [1.82, 2.24) is 14.5 Å². The van der Waals surface area contributed by atoms with E-state index >= 15 is 0 Å². The maximum atomic E-state index is 13.8. The summed E-state index contributed by atoms with van der Waals surface area (Å²) in [6.45, 7) is 2.59. The van der Waals surface area contributed by atoms with E-state index in [1.807, 2.05) is 35.0 Å². The standard InChI is InChI=1S/C20H21ClFN3O/c21-19-6-5-18-17(23-19)7-10-25(18)14-20(26)8-11-24(12-9-20)13-15-3-1-2-4-16(15)22/h1-7,10,26H,8-9,11-14H2. The first kappa shape index (κ1) is 17.5. The Balaban J connectivity index is 1.42. The van der Waals surface area contributed by atoms with Crippen molar-refractivity contribution in [2.24, 2.45) is 0 Å². The Kier molecular flexibility index (Phi) is 4.69. The zero-order valence-electron chi connectivity index (χ0n) is 14.4. The van der Waals surface area contributed by atoms with Crippen LogP contribution in [0.25, 0.3) is 11.0 Å². The van der Waals surface area contributed by atoms with Gasteiger partial charge in [-0.1, -0.05) is 29.8 Å². The number of aromatic nitrogens is 2. The summed E-state index contributed by atoms with van der Waals surface area (Å²) in [6, 6.07) is 12.5. The predicted octanol–water partition coefficient (Wildman–Crippen LogP) is 3.86. The van der Waals surface area contributed by atoms with E-state index in [1.54, 1.807) is 12.1 Å². The van der Waals surface area contributed by atoms with Crippen molar-refractivity contribution in [2.45, 2.75) is 31.5 Å². The molecule has 6 heteroatoms. The highest BCUT2D eigenvalue weighted by atomic mass is 35.5. The van der Waals surface area contributed by atoms with Gasteiger partial charge in [0, 0.05) is 31.4 Å². The van der Waals surface area contributed by atoms with Gasteiger partial charge >= 0.3 is 0 Å². The van der Waals surface area contributed by atoms with Gasteiger partial charge < -0.3 is 9.67 Å². The van der Waals surface area contributed by atoms with Crippen molar-refractivity contribution >= 4 is 22.6 Å². The maximum Gasteiger partial charge on any atom is 0.129 e. The van der Waals surface area contributed by atoms with Crippen LogP contribution in [0.2, 0.25) is 5.15 Å². The first-order valence-electron chi connectivity index (χ1n) is 8.82. The normalized spacial score (nSPS) is 17.7. The summed E-state index contributed by atoms with van der Waals surface area (Å²) < 4.78 is 15.9. The molecule has 3 aromatic rings. The summed E-state index contributed by atoms with van der Waals surface area (Å²) in [5, 5.41) is 11.5. The number of halogens is 2. The zero-order valence-corrected chi connectivity index (χ0v) is 15.2. The van der Waals surface area contributed by atoms with Crippen molar-refractivity contribution in [1.29, 1.82) is 0 Å². The zero-order chi connectivity index (χ0) is 18.1. The number of likely N-dealkylation sites (tertiary alicyclic amines) is 1. The number of piperidine rings is 1. The molecule has 3 heterocycles. The number of hydrogen-bond acceptors (Lipinski definition) is 3. The lowest BCUT2D eigenvalue weighted by Crippen LogP contribution is -2.46. The molecule has 0 amide bonds. The lowest BCUT2D eigenvalue weighted by atomic mass is 9.91. The highest BCUT2D eigenvalue weighted by Crippen LogP contribution is 2.27. The van der Waals surface area contributed by atoms with E-state index in [-0.39, 0.29) is 5.82 Å². The highest BCUT2D eigenvalue weighted by molar-refractivity contribution is 6.29. The van der Waals surface area contributed by atoms with Crippen molar-refractivity contribution in [3.63, 3.8) is 0 Å². The summed E-state index contributed by atoms with van der Waals surface area (Å²) in [6.07, 6.45) is 3.25. The van der Waals surface area contributed by atoms with E-state index in [4.69, 9.17) is 11.6 Å². The van der Waals surface area contributed by atoms with E-state index < -0.39 is 5.60 Å². The van der Waals surface area contributed by atoms with E-state index in [1.165, 1.54) is 6.07 Å². The number of pyridine rings is 1. The third-order valence-corrected chi connectivity index (χ3v) is 5.40.